The molecule has 138 valence electrons. The number of benzene rings is 2. The Balaban J connectivity index is 1.46. The number of anilines is 1. The van der Waals surface area contributed by atoms with E-state index >= 15 is 0 Å². The van der Waals surface area contributed by atoms with Crippen LogP contribution in [0, 0.1) is 0 Å². The van der Waals surface area contributed by atoms with Crippen molar-refractivity contribution >= 4 is 28.8 Å². The van der Waals surface area contributed by atoms with Crippen molar-refractivity contribution in [3.8, 4) is 10.9 Å². The third kappa shape index (κ3) is 5.93. The second kappa shape index (κ2) is 8.95. The van der Waals surface area contributed by atoms with E-state index in [1.54, 1.807) is 18.3 Å². The first-order valence-electron chi connectivity index (χ1n) is 8.38. The lowest BCUT2D eigenvalue weighted by molar-refractivity contribution is -0.120. The third-order valence-electron chi connectivity index (χ3n) is 3.67. The van der Waals surface area contributed by atoms with Crippen LogP contribution in [0.25, 0.3) is 0 Å². The molecule has 0 atom stereocenters. The maximum Gasteiger partial charge on any atom is 0.278 e. The quantitative estimate of drug-likeness (QED) is 0.653. The van der Waals surface area contributed by atoms with Crippen molar-refractivity contribution < 1.29 is 14.3 Å². The predicted octanol–water partition coefficient (Wildman–Crippen LogP) is 3.75. The number of nitrogens with zero attached hydrogens (tertiary/aromatic N) is 1. The van der Waals surface area contributed by atoms with Crippen molar-refractivity contribution in [2.45, 2.75) is 19.9 Å². The first-order valence-corrected chi connectivity index (χ1v) is 9.26. The lowest BCUT2D eigenvalue weighted by Gasteiger charge is -2.08. The van der Waals surface area contributed by atoms with Gasteiger partial charge >= 0.3 is 0 Å². The van der Waals surface area contributed by atoms with Crippen molar-refractivity contribution in [3.63, 3.8) is 0 Å². The molecular weight excluding hydrogens is 362 g/mol. The second-order valence-corrected chi connectivity index (χ2v) is 6.73. The number of aromatic nitrogens is 1. The zero-order valence-corrected chi connectivity index (χ0v) is 15.6. The minimum Gasteiger partial charge on any atom is -0.431 e. The van der Waals surface area contributed by atoms with Crippen LogP contribution in [0.3, 0.4) is 0 Å². The van der Waals surface area contributed by atoms with Crippen LogP contribution >= 0.6 is 11.3 Å². The summed E-state index contributed by atoms with van der Waals surface area (Å²) in [6.45, 7) is 1.90. The Labute approximate surface area is 161 Å². The fourth-order valence-corrected chi connectivity index (χ4v) is 2.90. The summed E-state index contributed by atoms with van der Waals surface area (Å²) in [5.74, 6) is 0.522. The number of hydrogen-bond donors (Lipinski definition) is 2. The Kier molecular flexibility index (Phi) is 6.17. The highest BCUT2D eigenvalue weighted by Crippen LogP contribution is 2.23. The van der Waals surface area contributed by atoms with Crippen LogP contribution < -0.4 is 15.4 Å². The normalized spacial score (nSPS) is 10.3. The summed E-state index contributed by atoms with van der Waals surface area (Å²) >= 11 is 1.43. The zero-order chi connectivity index (χ0) is 19.1. The lowest BCUT2D eigenvalue weighted by atomic mass is 10.1. The molecule has 0 aliphatic rings. The van der Waals surface area contributed by atoms with Crippen molar-refractivity contribution in [2.75, 3.05) is 5.32 Å². The van der Waals surface area contributed by atoms with Crippen LogP contribution in [-0.2, 0) is 22.6 Å². The molecule has 3 aromatic rings. The third-order valence-corrected chi connectivity index (χ3v) is 4.32. The number of carbonyl (C=O) groups excluding carboxylic acids is 2. The zero-order valence-electron chi connectivity index (χ0n) is 14.8. The topological polar surface area (TPSA) is 80.3 Å². The van der Waals surface area contributed by atoms with E-state index in [4.69, 9.17) is 4.74 Å². The molecule has 1 aromatic heterocycles. The van der Waals surface area contributed by atoms with E-state index in [2.05, 4.69) is 15.6 Å². The van der Waals surface area contributed by atoms with Crippen molar-refractivity contribution in [2.24, 2.45) is 0 Å². The molecular formula is C20H19N3O3S. The minimum absolute atomic E-state index is 0.0645. The van der Waals surface area contributed by atoms with Crippen LogP contribution in [0.2, 0.25) is 0 Å². The molecule has 7 heteroatoms. The van der Waals surface area contributed by atoms with Gasteiger partial charge in [0, 0.05) is 30.7 Å². The van der Waals surface area contributed by atoms with Gasteiger partial charge < -0.3 is 15.4 Å². The van der Waals surface area contributed by atoms with Gasteiger partial charge in [0.05, 0.1) is 6.42 Å². The standard InChI is InChI=1S/C20H19N3O3S/c1-14(24)23-17-6-2-15(3-7-17)12-19(25)22-13-16-4-8-18(9-5-16)26-20-21-10-11-27-20/h2-11H,12-13H2,1H3,(H,22,25)(H,23,24). The maximum atomic E-state index is 12.1. The predicted molar refractivity (Wildman–Crippen MR) is 105 cm³/mol. The van der Waals surface area contributed by atoms with Crippen LogP contribution in [0.15, 0.2) is 60.1 Å². The van der Waals surface area contributed by atoms with Gasteiger partial charge in [0.15, 0.2) is 0 Å². The van der Waals surface area contributed by atoms with Gasteiger partial charge in [-0.25, -0.2) is 4.98 Å². The molecule has 6 nitrogen and oxygen atoms in total. The van der Waals surface area contributed by atoms with Crippen molar-refractivity contribution in [1.29, 1.82) is 0 Å². The van der Waals surface area contributed by atoms with E-state index in [1.807, 2.05) is 41.8 Å². The van der Waals surface area contributed by atoms with Gasteiger partial charge in [0.1, 0.15) is 5.75 Å². The molecule has 0 saturated heterocycles. The highest BCUT2D eigenvalue weighted by molar-refractivity contribution is 7.11. The number of thiazole rings is 1. The average Bonchev–Trinajstić information content (AvgIpc) is 3.15. The Morgan fingerprint density at radius 2 is 1.74 bits per heavy atom. The van der Waals surface area contributed by atoms with Gasteiger partial charge in [-0.2, -0.15) is 0 Å². The first kappa shape index (κ1) is 18.6. The summed E-state index contributed by atoms with van der Waals surface area (Å²) in [4.78, 5) is 27.2. The van der Waals surface area contributed by atoms with Gasteiger partial charge in [-0.3, -0.25) is 9.59 Å². The van der Waals surface area contributed by atoms with Crippen LogP contribution in [0.1, 0.15) is 18.1 Å². The molecule has 2 N–H and O–H groups in total. The molecule has 0 fully saturated rings. The molecule has 0 aliphatic carbocycles. The van der Waals surface area contributed by atoms with E-state index in [0.29, 0.717) is 23.2 Å². The summed E-state index contributed by atoms with van der Waals surface area (Å²) in [6, 6.07) is 14.7. The van der Waals surface area contributed by atoms with Gasteiger partial charge in [0.25, 0.3) is 5.19 Å². The van der Waals surface area contributed by atoms with Crippen LogP contribution in [0.5, 0.6) is 10.9 Å². The molecule has 1 heterocycles. The Bertz CT molecular complexity index is 891. The highest BCUT2D eigenvalue weighted by atomic mass is 32.1. The smallest absolute Gasteiger partial charge is 0.278 e. The molecule has 0 radical (unpaired) electrons. The fourth-order valence-electron chi connectivity index (χ4n) is 2.39. The lowest BCUT2D eigenvalue weighted by Crippen LogP contribution is -2.24. The summed E-state index contributed by atoms with van der Waals surface area (Å²) in [5.41, 5.74) is 2.58. The van der Waals surface area contributed by atoms with Gasteiger partial charge in [0.2, 0.25) is 11.8 Å². The van der Waals surface area contributed by atoms with Gasteiger partial charge in [-0.05, 0) is 35.4 Å². The molecule has 2 aromatic carbocycles. The van der Waals surface area contributed by atoms with Gasteiger partial charge in [-0.1, -0.05) is 35.6 Å². The number of ether oxygens (including phenoxy) is 1. The van der Waals surface area contributed by atoms with Gasteiger partial charge in [-0.15, -0.1) is 0 Å². The molecule has 0 aliphatic heterocycles. The maximum absolute atomic E-state index is 12.1. The largest absolute Gasteiger partial charge is 0.431 e. The molecule has 0 bridgehead atoms. The molecule has 0 saturated carbocycles. The molecule has 3 rings (SSSR count). The summed E-state index contributed by atoms with van der Waals surface area (Å²) in [7, 11) is 0. The SMILES string of the molecule is CC(=O)Nc1ccc(CC(=O)NCc2ccc(Oc3nccs3)cc2)cc1. The monoisotopic (exact) mass is 381 g/mol. The number of hydrogen-bond acceptors (Lipinski definition) is 5. The fraction of sp³-hybridized carbons (Fsp3) is 0.150. The van der Waals surface area contributed by atoms with E-state index in [1.165, 1.54) is 18.3 Å². The summed E-state index contributed by atoms with van der Waals surface area (Å²) in [5, 5.41) is 8.05. The van der Waals surface area contributed by atoms with Crippen LogP contribution in [-0.4, -0.2) is 16.8 Å². The highest BCUT2D eigenvalue weighted by Gasteiger charge is 2.05. The summed E-state index contributed by atoms with van der Waals surface area (Å²) < 4.78 is 5.61. The number of amides is 2. The van der Waals surface area contributed by atoms with E-state index in [9.17, 15) is 9.59 Å². The number of nitrogens with one attached hydrogen (secondary N) is 2. The van der Waals surface area contributed by atoms with Crippen molar-refractivity contribution in [3.05, 3.63) is 71.2 Å². The Morgan fingerprint density at radius 1 is 1.04 bits per heavy atom. The average molecular weight is 381 g/mol. The molecule has 0 unspecified atom stereocenters. The molecule has 2 amide bonds. The Hall–Kier alpha value is -3.19. The number of rotatable bonds is 7. The van der Waals surface area contributed by atoms with E-state index in [0.717, 1.165) is 11.1 Å². The Morgan fingerprint density at radius 3 is 2.37 bits per heavy atom. The first-order chi connectivity index (χ1) is 13.1. The number of carbonyl (C=O) groups is 2. The molecule has 0 spiro atoms. The van der Waals surface area contributed by atoms with Crippen molar-refractivity contribution in [1.82, 2.24) is 10.3 Å². The summed E-state index contributed by atoms with van der Waals surface area (Å²) in [6.07, 6.45) is 1.98. The second-order valence-electron chi connectivity index (χ2n) is 5.88. The van der Waals surface area contributed by atoms with E-state index in [-0.39, 0.29) is 18.2 Å². The van der Waals surface area contributed by atoms with Crippen LogP contribution in [0.4, 0.5) is 5.69 Å². The minimum atomic E-state index is -0.122. The van der Waals surface area contributed by atoms with E-state index < -0.39 is 0 Å². The molecule has 27 heavy (non-hydrogen) atoms.